The van der Waals surface area contributed by atoms with Crippen molar-refractivity contribution in [2.45, 2.75) is 55.8 Å². The Morgan fingerprint density at radius 2 is 1.52 bits per heavy atom. The first-order valence-corrected chi connectivity index (χ1v) is 12.9. The molecule has 1 aliphatic rings. The fourth-order valence-electron chi connectivity index (χ4n) is 6.00. The summed E-state index contributed by atoms with van der Waals surface area (Å²) < 4.78 is 0. The molecule has 1 aliphatic carbocycles. The fraction of sp³-hybridized carbons (Fsp3) is 0.478. The minimum Gasteiger partial charge on any atom is -0.330 e. The van der Waals surface area contributed by atoms with E-state index in [1.54, 1.807) is 5.56 Å². The highest BCUT2D eigenvalue weighted by molar-refractivity contribution is 6.67. The smallest absolute Gasteiger partial charge is 0.138 e. The summed E-state index contributed by atoms with van der Waals surface area (Å²) in [4.78, 5) is 2.46. The van der Waals surface area contributed by atoms with Crippen molar-refractivity contribution in [3.05, 3.63) is 39.9 Å². The molecule has 33 heavy (non-hydrogen) atoms. The second kappa shape index (κ2) is 9.63. The first kappa shape index (κ1) is 26.7. The summed E-state index contributed by atoms with van der Waals surface area (Å²) in [6, 6.07) is 6.61. The summed E-state index contributed by atoms with van der Waals surface area (Å²) in [6.45, 7) is 5.37. The first-order chi connectivity index (χ1) is 15.2. The summed E-state index contributed by atoms with van der Waals surface area (Å²) in [5.74, 6) is 0.972. The number of likely N-dealkylation sites (N-methyl/N-ethyl adjacent to an activating group) is 1. The Morgan fingerprint density at radius 3 is 2.06 bits per heavy atom. The average molecular weight is 454 g/mol. The fourth-order valence-corrected chi connectivity index (χ4v) is 6.19. The van der Waals surface area contributed by atoms with Gasteiger partial charge in [0.15, 0.2) is 0 Å². The third kappa shape index (κ3) is 4.93. The molecule has 2 atom stereocenters. The Balaban J connectivity index is 1.97. The van der Waals surface area contributed by atoms with Crippen molar-refractivity contribution in [3.63, 3.8) is 0 Å². The second-order valence-corrected chi connectivity index (χ2v) is 12.2. The number of benzene rings is 2. The van der Waals surface area contributed by atoms with Gasteiger partial charge in [-0.2, -0.15) is 0 Å². The molecule has 2 aromatic rings. The van der Waals surface area contributed by atoms with E-state index >= 15 is 0 Å². The van der Waals surface area contributed by atoms with Crippen LogP contribution in [0.1, 0.15) is 61.6 Å². The molecule has 0 bridgehead atoms. The van der Waals surface area contributed by atoms with Gasteiger partial charge in [0.05, 0.1) is 0 Å². The normalized spacial score (nSPS) is 18.6. The minimum atomic E-state index is -0.0197. The van der Waals surface area contributed by atoms with E-state index in [2.05, 4.69) is 98.9 Å². The maximum absolute atomic E-state index is 6.51. The Morgan fingerprint density at radius 1 is 0.970 bits per heavy atom. The van der Waals surface area contributed by atoms with Crippen LogP contribution in [0.4, 0.5) is 0 Å². The van der Waals surface area contributed by atoms with Crippen LogP contribution in [0.5, 0.6) is 0 Å². The lowest BCUT2D eigenvalue weighted by Crippen LogP contribution is -2.61. The molecule has 0 aliphatic heterocycles. The van der Waals surface area contributed by atoms with Crippen LogP contribution in [0.15, 0.2) is 18.2 Å². The van der Waals surface area contributed by atoms with E-state index < -0.39 is 0 Å². The maximum atomic E-state index is 6.51. The van der Waals surface area contributed by atoms with Crippen LogP contribution in [-0.2, 0) is 0 Å². The van der Waals surface area contributed by atoms with Gasteiger partial charge in [-0.05, 0) is 81.2 Å². The monoisotopic (exact) mass is 454 g/mol. The maximum Gasteiger partial charge on any atom is 0.138 e. The van der Waals surface area contributed by atoms with Crippen LogP contribution in [0.2, 0.25) is 5.02 Å². The van der Waals surface area contributed by atoms with Gasteiger partial charge in [0.2, 0.25) is 0 Å². The Bertz CT molecular complexity index is 1030. The van der Waals surface area contributed by atoms with Crippen LogP contribution in [-0.4, -0.2) is 84.3 Å². The van der Waals surface area contributed by atoms with Crippen molar-refractivity contribution in [1.82, 2.24) is 4.90 Å². The Hall–Kier alpha value is -0.895. The van der Waals surface area contributed by atoms with Gasteiger partial charge in [-0.3, -0.25) is 0 Å². The van der Waals surface area contributed by atoms with Gasteiger partial charge in [-0.1, -0.05) is 34.2 Å². The molecule has 0 unspecified atom stereocenters. The largest absolute Gasteiger partial charge is 0.330 e. The van der Waals surface area contributed by atoms with E-state index in [1.807, 2.05) is 0 Å². The van der Waals surface area contributed by atoms with E-state index in [9.17, 15) is 0 Å². The summed E-state index contributed by atoms with van der Waals surface area (Å²) in [6.07, 6.45) is 3.45. The molecule has 0 spiro atoms. The van der Waals surface area contributed by atoms with Gasteiger partial charge in [0.1, 0.15) is 54.9 Å². The zero-order valence-corrected chi connectivity index (χ0v) is 23.4. The second-order valence-electron chi connectivity index (χ2n) is 11.7. The molecule has 2 aromatic carbocycles. The molecular formula is C23H38B7ClN2. The van der Waals surface area contributed by atoms with Gasteiger partial charge in [-0.15, -0.1) is 16.4 Å². The summed E-state index contributed by atoms with van der Waals surface area (Å²) >= 11 is 6.51. The molecule has 10 heteroatoms. The predicted molar refractivity (Wildman–Crippen MR) is 168 cm³/mol. The van der Waals surface area contributed by atoms with Gasteiger partial charge in [0.25, 0.3) is 0 Å². The predicted octanol–water partition coefficient (Wildman–Crippen LogP) is -5.38. The zero-order chi connectivity index (χ0) is 24.9. The van der Waals surface area contributed by atoms with E-state index in [0.717, 1.165) is 17.9 Å². The van der Waals surface area contributed by atoms with E-state index in [-0.39, 0.29) is 10.9 Å². The van der Waals surface area contributed by atoms with E-state index in [1.165, 1.54) is 44.9 Å². The van der Waals surface area contributed by atoms with E-state index in [4.69, 9.17) is 17.3 Å². The molecule has 0 radical (unpaired) electrons. The number of halogens is 1. The van der Waals surface area contributed by atoms with Gasteiger partial charge in [0, 0.05) is 16.5 Å². The highest BCUT2D eigenvalue weighted by Gasteiger charge is 2.37. The van der Waals surface area contributed by atoms with E-state index in [0.29, 0.717) is 18.4 Å². The third-order valence-corrected chi connectivity index (χ3v) is 9.45. The molecular weight excluding hydrogens is 415 g/mol. The summed E-state index contributed by atoms with van der Waals surface area (Å²) in [5, 5.41) is 0.832. The third-order valence-electron chi connectivity index (χ3n) is 9.21. The van der Waals surface area contributed by atoms with Crippen LogP contribution in [0, 0.1) is 0 Å². The molecule has 0 saturated carbocycles. The Labute approximate surface area is 213 Å². The van der Waals surface area contributed by atoms with Crippen molar-refractivity contribution in [2.24, 2.45) is 5.73 Å². The quantitative estimate of drug-likeness (QED) is 0.424. The lowest BCUT2D eigenvalue weighted by molar-refractivity contribution is 0.108. The summed E-state index contributed by atoms with van der Waals surface area (Å²) in [5.41, 5.74) is 17.9. The van der Waals surface area contributed by atoms with Gasteiger partial charge < -0.3 is 10.6 Å². The number of rotatable bonds is 7. The molecule has 2 N–H and O–H groups in total. The van der Waals surface area contributed by atoms with Crippen molar-refractivity contribution < 1.29 is 0 Å². The number of nitrogens with two attached hydrogens (primary N) is 1. The highest BCUT2D eigenvalue weighted by Crippen LogP contribution is 2.47. The van der Waals surface area contributed by atoms with Crippen molar-refractivity contribution in [1.29, 1.82) is 0 Å². The molecule has 0 fully saturated rings. The standard InChI is InChI=1S/C23H38B7ClN2/c1-22(2,33(3)23(29,30)10-32)7-6-11-8-15(13-5-4-12(31)9-14(11)13)16-17(24)19(26)21(28)20(27)18(16)25/h4-5,9,11,15H,6-8,10,24-30,32H2,1-3H3/t11-,15-/m1/s1. The molecule has 0 amide bonds. The SMILES string of the molecule is Bc1c(B)c(B)c([C@@H]2C[C@@H](CCC(C)(C)N(C)C(B)(B)CN)c3cc(Cl)ccc32)c(B)c1B. The Kier molecular flexibility index (Phi) is 7.79. The number of nitrogens with zero attached hydrogens (tertiary/aromatic N) is 1. The van der Waals surface area contributed by atoms with Crippen molar-refractivity contribution >= 4 is 93.8 Å². The number of hydrogen-bond acceptors (Lipinski definition) is 2. The lowest BCUT2D eigenvalue weighted by atomic mass is 9.58. The van der Waals surface area contributed by atoms with Crippen molar-refractivity contribution in [2.75, 3.05) is 13.6 Å². The zero-order valence-electron chi connectivity index (χ0n) is 22.6. The van der Waals surface area contributed by atoms with Gasteiger partial charge in [-0.25, -0.2) is 0 Å². The average Bonchev–Trinajstić information content (AvgIpc) is 3.11. The molecule has 3 rings (SSSR count). The molecule has 0 heterocycles. The van der Waals surface area contributed by atoms with Gasteiger partial charge >= 0.3 is 0 Å². The van der Waals surface area contributed by atoms with Crippen LogP contribution in [0.25, 0.3) is 0 Å². The van der Waals surface area contributed by atoms with Crippen LogP contribution >= 0.6 is 11.6 Å². The topological polar surface area (TPSA) is 29.3 Å². The molecule has 168 valence electrons. The molecule has 0 saturated heterocycles. The number of hydrogen-bond donors (Lipinski definition) is 1. The molecule has 2 nitrogen and oxygen atoms in total. The molecule has 0 aromatic heterocycles. The summed E-state index contributed by atoms with van der Waals surface area (Å²) in [7, 11) is 18.2. The lowest BCUT2D eigenvalue weighted by Gasteiger charge is -2.47. The van der Waals surface area contributed by atoms with Crippen LogP contribution < -0.4 is 33.0 Å². The van der Waals surface area contributed by atoms with Crippen molar-refractivity contribution in [3.8, 4) is 0 Å². The first-order valence-electron chi connectivity index (χ1n) is 12.5. The number of fused-ring (bicyclic) bond motifs is 1. The minimum absolute atomic E-state index is 0.0197. The van der Waals surface area contributed by atoms with Crippen LogP contribution in [0.3, 0.4) is 0 Å². The highest BCUT2D eigenvalue weighted by atomic mass is 35.5.